The third-order valence-corrected chi connectivity index (χ3v) is 2.99. The van der Waals surface area contributed by atoms with E-state index in [0.29, 0.717) is 28.1 Å². The van der Waals surface area contributed by atoms with Crippen molar-refractivity contribution in [3.05, 3.63) is 33.8 Å². The van der Waals surface area contributed by atoms with Gasteiger partial charge < -0.3 is 10.4 Å². The zero-order valence-electron chi connectivity index (χ0n) is 9.71. The van der Waals surface area contributed by atoms with E-state index in [1.54, 1.807) is 18.2 Å². The summed E-state index contributed by atoms with van der Waals surface area (Å²) in [7, 11) is 0. The number of hydrogen-bond donors (Lipinski definition) is 2. The maximum Gasteiger partial charge on any atom is 0.325 e. The molecule has 0 aromatic heterocycles. The van der Waals surface area contributed by atoms with Gasteiger partial charge in [0, 0.05) is 0 Å². The molecule has 0 radical (unpaired) electrons. The van der Waals surface area contributed by atoms with Crippen LogP contribution in [0, 0.1) is 5.92 Å². The molecule has 1 unspecified atom stereocenters. The zero-order valence-corrected chi connectivity index (χ0v) is 11.2. The second-order valence-electron chi connectivity index (χ2n) is 4.25. The summed E-state index contributed by atoms with van der Waals surface area (Å²) in [6, 6.07) is 4.09. The highest BCUT2D eigenvalue weighted by Crippen LogP contribution is 2.25. The third-order valence-electron chi connectivity index (χ3n) is 2.25. The molecule has 2 N–H and O–H groups in total. The van der Waals surface area contributed by atoms with Crippen molar-refractivity contribution in [1.29, 1.82) is 0 Å². The summed E-state index contributed by atoms with van der Waals surface area (Å²) in [6.45, 7) is 4.65. The number of aliphatic carboxylic acids is 1. The lowest BCUT2D eigenvalue weighted by Gasteiger charge is -2.16. The van der Waals surface area contributed by atoms with Crippen molar-refractivity contribution >= 4 is 29.2 Å². The Morgan fingerprint density at radius 2 is 2.00 bits per heavy atom. The highest BCUT2D eigenvalue weighted by molar-refractivity contribution is 6.42. The molecule has 3 nitrogen and oxygen atoms in total. The number of hydrogen-bond acceptors (Lipinski definition) is 2. The molecule has 0 aliphatic carbocycles. The van der Waals surface area contributed by atoms with Crippen LogP contribution in [0.15, 0.2) is 18.2 Å². The number of carboxylic acid groups (broad SMARTS) is 1. The second kappa shape index (κ2) is 6.24. The third kappa shape index (κ3) is 4.19. The molecule has 5 heteroatoms. The largest absolute Gasteiger partial charge is 0.480 e. The molecule has 0 saturated heterocycles. The monoisotopic (exact) mass is 275 g/mol. The van der Waals surface area contributed by atoms with E-state index in [0.717, 1.165) is 0 Å². The minimum absolute atomic E-state index is 0.363. The predicted molar refractivity (Wildman–Crippen MR) is 69.7 cm³/mol. The highest BCUT2D eigenvalue weighted by Gasteiger charge is 2.20. The lowest BCUT2D eigenvalue weighted by Crippen LogP contribution is -2.31. The Morgan fingerprint density at radius 3 is 2.47 bits per heavy atom. The predicted octanol–water partition coefficient (Wildman–Crippen LogP) is 3.36. The Hall–Kier alpha value is -0.770. The van der Waals surface area contributed by atoms with Gasteiger partial charge in [-0.05, 0) is 30.2 Å². The van der Waals surface area contributed by atoms with Crippen LogP contribution in [0.25, 0.3) is 0 Å². The van der Waals surface area contributed by atoms with Crippen molar-refractivity contribution in [2.45, 2.75) is 19.9 Å². The first-order chi connectivity index (χ1) is 7.91. The van der Waals surface area contributed by atoms with Gasteiger partial charge in [-0.1, -0.05) is 43.1 Å². The van der Waals surface area contributed by atoms with Gasteiger partial charge >= 0.3 is 5.97 Å². The van der Waals surface area contributed by atoms with Crippen molar-refractivity contribution in [2.75, 3.05) is 6.54 Å². The van der Waals surface area contributed by atoms with Gasteiger partial charge in [0.15, 0.2) is 0 Å². The van der Waals surface area contributed by atoms with Gasteiger partial charge in [-0.2, -0.15) is 0 Å². The second-order valence-corrected chi connectivity index (χ2v) is 5.06. The van der Waals surface area contributed by atoms with Crippen LogP contribution in [0.2, 0.25) is 10.0 Å². The van der Waals surface area contributed by atoms with Crippen LogP contribution in [0.4, 0.5) is 0 Å². The molecule has 17 heavy (non-hydrogen) atoms. The van der Waals surface area contributed by atoms with Crippen LogP contribution in [-0.4, -0.2) is 17.6 Å². The molecule has 0 saturated carbocycles. The van der Waals surface area contributed by atoms with Crippen LogP contribution >= 0.6 is 23.2 Å². The molecular weight excluding hydrogens is 261 g/mol. The number of carbonyl (C=O) groups is 1. The minimum Gasteiger partial charge on any atom is -0.480 e. The molecule has 0 heterocycles. The van der Waals surface area contributed by atoms with Gasteiger partial charge in [-0.25, -0.2) is 0 Å². The van der Waals surface area contributed by atoms with Crippen LogP contribution < -0.4 is 5.32 Å². The Kier molecular flexibility index (Phi) is 5.25. The summed E-state index contributed by atoms with van der Waals surface area (Å²) >= 11 is 11.7. The molecule has 1 aromatic rings. The van der Waals surface area contributed by atoms with E-state index < -0.39 is 12.0 Å². The summed E-state index contributed by atoms with van der Waals surface area (Å²) in [6.07, 6.45) is 0. The first kappa shape index (κ1) is 14.3. The van der Waals surface area contributed by atoms with Gasteiger partial charge in [-0.3, -0.25) is 4.79 Å². The standard InChI is InChI=1S/C12H15Cl2NO2/c1-7(2)6-15-11(12(16)17)8-3-4-9(13)10(14)5-8/h3-5,7,11,15H,6H2,1-2H3,(H,16,17). The van der Waals surface area contributed by atoms with E-state index in [-0.39, 0.29) is 0 Å². The number of nitrogens with one attached hydrogen (secondary N) is 1. The first-order valence-corrected chi connectivity index (χ1v) is 6.08. The molecule has 0 aliphatic rings. The Bertz CT molecular complexity index is 407. The Morgan fingerprint density at radius 1 is 1.35 bits per heavy atom. The smallest absolute Gasteiger partial charge is 0.325 e. The summed E-state index contributed by atoms with van der Waals surface area (Å²) in [5.74, 6) is -0.552. The van der Waals surface area contributed by atoms with E-state index in [4.69, 9.17) is 28.3 Å². The molecule has 94 valence electrons. The number of rotatable bonds is 5. The molecule has 1 atom stereocenters. The fourth-order valence-electron chi connectivity index (χ4n) is 1.39. The topological polar surface area (TPSA) is 49.3 Å². The van der Waals surface area contributed by atoms with Gasteiger partial charge in [0.25, 0.3) is 0 Å². The first-order valence-electron chi connectivity index (χ1n) is 5.33. The van der Waals surface area contributed by atoms with Crippen LogP contribution in [-0.2, 0) is 4.79 Å². The van der Waals surface area contributed by atoms with E-state index in [2.05, 4.69) is 5.32 Å². The fraction of sp³-hybridized carbons (Fsp3) is 0.417. The average Bonchev–Trinajstić information content (AvgIpc) is 2.22. The van der Waals surface area contributed by atoms with E-state index >= 15 is 0 Å². The average molecular weight is 276 g/mol. The van der Waals surface area contributed by atoms with Gasteiger partial charge in [0.05, 0.1) is 10.0 Å². The van der Waals surface area contributed by atoms with Crippen molar-refractivity contribution in [1.82, 2.24) is 5.32 Å². The Balaban J connectivity index is 2.89. The normalized spacial score (nSPS) is 12.8. The van der Waals surface area contributed by atoms with Crippen molar-refractivity contribution in [2.24, 2.45) is 5.92 Å². The van der Waals surface area contributed by atoms with Crippen molar-refractivity contribution in [3.63, 3.8) is 0 Å². The molecule has 1 rings (SSSR count). The van der Waals surface area contributed by atoms with Crippen molar-refractivity contribution in [3.8, 4) is 0 Å². The summed E-state index contributed by atoms with van der Waals surface area (Å²) in [5, 5.41) is 12.9. The van der Waals surface area contributed by atoms with E-state index in [1.807, 2.05) is 13.8 Å². The lowest BCUT2D eigenvalue weighted by atomic mass is 10.1. The maximum atomic E-state index is 11.2. The van der Waals surface area contributed by atoms with Gasteiger partial charge in [0.2, 0.25) is 0 Å². The van der Waals surface area contributed by atoms with Crippen LogP contribution in [0.1, 0.15) is 25.5 Å². The van der Waals surface area contributed by atoms with Crippen LogP contribution in [0.5, 0.6) is 0 Å². The van der Waals surface area contributed by atoms with Crippen molar-refractivity contribution < 1.29 is 9.90 Å². The van der Waals surface area contributed by atoms with E-state index in [1.165, 1.54) is 0 Å². The zero-order chi connectivity index (χ0) is 13.0. The molecule has 0 amide bonds. The number of benzene rings is 1. The molecule has 0 aliphatic heterocycles. The molecule has 0 bridgehead atoms. The highest BCUT2D eigenvalue weighted by atomic mass is 35.5. The molecule has 1 aromatic carbocycles. The maximum absolute atomic E-state index is 11.2. The minimum atomic E-state index is -0.927. The number of halogens is 2. The molecule has 0 spiro atoms. The number of carboxylic acids is 1. The van der Waals surface area contributed by atoms with E-state index in [9.17, 15) is 4.79 Å². The quantitative estimate of drug-likeness (QED) is 0.866. The van der Waals surface area contributed by atoms with Gasteiger partial charge in [0.1, 0.15) is 6.04 Å². The Labute approximate surface area is 111 Å². The summed E-state index contributed by atoms with van der Waals surface area (Å²) in [4.78, 5) is 11.2. The fourth-order valence-corrected chi connectivity index (χ4v) is 1.70. The summed E-state index contributed by atoms with van der Waals surface area (Å²) < 4.78 is 0. The SMILES string of the molecule is CC(C)CNC(C(=O)O)c1ccc(Cl)c(Cl)c1. The lowest BCUT2D eigenvalue weighted by molar-refractivity contribution is -0.139. The van der Waals surface area contributed by atoms with Gasteiger partial charge in [-0.15, -0.1) is 0 Å². The molecular formula is C12H15Cl2NO2. The van der Waals surface area contributed by atoms with Crippen LogP contribution in [0.3, 0.4) is 0 Å². The molecule has 0 fully saturated rings. The summed E-state index contributed by atoms with van der Waals surface area (Å²) in [5.41, 5.74) is 0.604.